The van der Waals surface area contributed by atoms with Crippen LogP contribution in [0.5, 0.6) is 0 Å². The minimum absolute atomic E-state index is 0.0181. The molecule has 1 amide bonds. The Balaban J connectivity index is 2.03. The first-order valence-electron chi connectivity index (χ1n) is 7.90. The Morgan fingerprint density at radius 3 is 2.75 bits per heavy atom. The molecule has 1 fully saturated rings. The second-order valence-corrected chi connectivity index (χ2v) is 9.81. The lowest BCUT2D eigenvalue weighted by Gasteiger charge is -2.34. The molecule has 6 nitrogen and oxygen atoms in total. The van der Waals surface area contributed by atoms with Gasteiger partial charge in [0.25, 0.3) is 0 Å². The molecule has 0 unspecified atom stereocenters. The number of amides is 1. The number of hydrogen-bond donors (Lipinski definition) is 0. The van der Waals surface area contributed by atoms with Crippen molar-refractivity contribution in [3.05, 3.63) is 22.8 Å². The van der Waals surface area contributed by atoms with Gasteiger partial charge in [0.2, 0.25) is 0 Å². The highest BCUT2D eigenvalue weighted by atomic mass is 79.9. The van der Waals surface area contributed by atoms with Gasteiger partial charge in [-0.25, -0.2) is 18.2 Å². The van der Waals surface area contributed by atoms with Crippen molar-refractivity contribution in [2.75, 3.05) is 18.8 Å². The Bertz CT molecular complexity index is 700. The number of carbonyl (C=O) groups excluding carboxylic acids is 1. The fourth-order valence-electron chi connectivity index (χ4n) is 2.65. The quantitative estimate of drug-likeness (QED) is 0.703. The van der Waals surface area contributed by atoms with Crippen molar-refractivity contribution in [1.82, 2.24) is 9.88 Å². The Hall–Kier alpha value is -1.15. The Morgan fingerprint density at radius 1 is 1.42 bits per heavy atom. The number of sulfone groups is 1. The minimum atomic E-state index is -3.49. The van der Waals surface area contributed by atoms with Crippen molar-refractivity contribution in [1.29, 1.82) is 0 Å². The van der Waals surface area contributed by atoms with Crippen molar-refractivity contribution in [2.24, 2.45) is 5.92 Å². The fourth-order valence-corrected chi connectivity index (χ4v) is 4.70. The maximum absolute atomic E-state index is 12.5. The molecule has 0 aromatic carbocycles. The van der Waals surface area contributed by atoms with Crippen LogP contribution in [-0.4, -0.2) is 48.8 Å². The fraction of sp³-hybridized carbons (Fsp3) is 0.625. The van der Waals surface area contributed by atoms with E-state index in [1.54, 1.807) is 17.0 Å². The van der Waals surface area contributed by atoms with E-state index in [2.05, 4.69) is 20.9 Å². The van der Waals surface area contributed by atoms with Crippen LogP contribution in [0.2, 0.25) is 0 Å². The molecular formula is C16H23BrN2O4S. The van der Waals surface area contributed by atoms with Crippen molar-refractivity contribution < 1.29 is 17.9 Å². The highest BCUT2D eigenvalue weighted by Gasteiger charge is 2.31. The number of hydrogen-bond acceptors (Lipinski definition) is 5. The number of carbonyl (C=O) groups is 1. The molecular weight excluding hydrogens is 396 g/mol. The van der Waals surface area contributed by atoms with Crippen LogP contribution in [0.25, 0.3) is 0 Å². The van der Waals surface area contributed by atoms with E-state index in [1.165, 1.54) is 6.07 Å². The van der Waals surface area contributed by atoms with Gasteiger partial charge in [-0.2, -0.15) is 0 Å². The van der Waals surface area contributed by atoms with Gasteiger partial charge in [0, 0.05) is 13.1 Å². The van der Waals surface area contributed by atoms with Crippen LogP contribution in [0.15, 0.2) is 27.8 Å². The van der Waals surface area contributed by atoms with Crippen molar-refractivity contribution in [3.8, 4) is 0 Å². The summed E-state index contributed by atoms with van der Waals surface area (Å²) in [6, 6.07) is 4.83. The van der Waals surface area contributed by atoms with Crippen molar-refractivity contribution in [3.63, 3.8) is 0 Å². The zero-order chi connectivity index (χ0) is 18.0. The van der Waals surface area contributed by atoms with E-state index in [9.17, 15) is 13.2 Å². The van der Waals surface area contributed by atoms with E-state index in [0.717, 1.165) is 12.8 Å². The molecule has 1 aromatic heterocycles. The number of aromatic nitrogens is 1. The van der Waals surface area contributed by atoms with Crippen LogP contribution in [0.1, 0.15) is 33.6 Å². The molecule has 0 spiro atoms. The summed E-state index contributed by atoms with van der Waals surface area (Å²) in [5.41, 5.74) is -0.559. The van der Waals surface area contributed by atoms with Gasteiger partial charge in [-0.05, 0) is 67.6 Å². The van der Waals surface area contributed by atoms with Gasteiger partial charge in [-0.15, -0.1) is 0 Å². The van der Waals surface area contributed by atoms with Crippen LogP contribution in [0.3, 0.4) is 0 Å². The molecule has 1 aromatic rings. The van der Waals surface area contributed by atoms with Gasteiger partial charge in [-0.3, -0.25) is 0 Å². The number of rotatable bonds is 3. The minimum Gasteiger partial charge on any atom is -0.444 e. The zero-order valence-corrected chi connectivity index (χ0v) is 16.6. The van der Waals surface area contributed by atoms with E-state index in [0.29, 0.717) is 17.7 Å². The summed E-state index contributed by atoms with van der Waals surface area (Å²) < 4.78 is 30.9. The Morgan fingerprint density at radius 2 is 2.12 bits per heavy atom. The monoisotopic (exact) mass is 418 g/mol. The summed E-state index contributed by atoms with van der Waals surface area (Å²) in [4.78, 5) is 17.8. The molecule has 0 bridgehead atoms. The molecule has 0 radical (unpaired) electrons. The summed E-state index contributed by atoms with van der Waals surface area (Å²) >= 11 is 3.19. The summed E-state index contributed by atoms with van der Waals surface area (Å²) in [7, 11) is -3.49. The van der Waals surface area contributed by atoms with Crippen molar-refractivity contribution in [2.45, 2.75) is 44.2 Å². The molecule has 8 heteroatoms. The van der Waals surface area contributed by atoms with E-state index in [4.69, 9.17) is 4.74 Å². The van der Waals surface area contributed by atoms with Gasteiger partial charge < -0.3 is 9.64 Å². The van der Waals surface area contributed by atoms with Gasteiger partial charge in [0.15, 0.2) is 14.9 Å². The lowest BCUT2D eigenvalue weighted by molar-refractivity contribution is 0.0176. The normalized spacial score (nSPS) is 19.2. The molecule has 1 saturated heterocycles. The first-order chi connectivity index (χ1) is 11.1. The molecule has 1 aliphatic heterocycles. The zero-order valence-electron chi connectivity index (χ0n) is 14.2. The SMILES string of the molecule is CC(C)(C)OC(=O)N1CCC[C@@H](CS(=O)(=O)c2cccc(Br)n2)C1. The maximum Gasteiger partial charge on any atom is 0.410 e. The number of piperidine rings is 1. The van der Waals surface area contributed by atoms with Gasteiger partial charge in [0.1, 0.15) is 10.2 Å². The lowest BCUT2D eigenvalue weighted by Crippen LogP contribution is -2.44. The van der Waals surface area contributed by atoms with Gasteiger partial charge in [-0.1, -0.05) is 6.07 Å². The molecule has 2 heterocycles. The van der Waals surface area contributed by atoms with Crippen molar-refractivity contribution >= 4 is 31.9 Å². The number of ether oxygens (including phenoxy) is 1. The third kappa shape index (κ3) is 5.44. The third-order valence-electron chi connectivity index (χ3n) is 3.63. The molecule has 1 atom stereocenters. The highest BCUT2D eigenvalue weighted by Crippen LogP contribution is 2.23. The first-order valence-corrected chi connectivity index (χ1v) is 10.3. The van der Waals surface area contributed by atoms with E-state index in [1.807, 2.05) is 20.8 Å². The molecule has 0 aliphatic carbocycles. The average Bonchev–Trinajstić information content (AvgIpc) is 2.45. The lowest BCUT2D eigenvalue weighted by atomic mass is 10.0. The largest absolute Gasteiger partial charge is 0.444 e. The van der Waals surface area contributed by atoms with Gasteiger partial charge in [0.05, 0.1) is 5.75 Å². The Kier molecular flexibility index (Phi) is 5.91. The van der Waals surface area contributed by atoms with Crippen LogP contribution in [0, 0.1) is 5.92 Å². The number of pyridine rings is 1. The van der Waals surface area contributed by atoms with E-state index in [-0.39, 0.29) is 22.8 Å². The van der Waals surface area contributed by atoms with Crippen LogP contribution < -0.4 is 0 Å². The summed E-state index contributed by atoms with van der Waals surface area (Å²) in [6.45, 7) is 6.43. The average molecular weight is 419 g/mol. The molecule has 1 aliphatic rings. The topological polar surface area (TPSA) is 76.6 Å². The Labute approximate surface area is 151 Å². The van der Waals surface area contributed by atoms with Crippen LogP contribution in [0.4, 0.5) is 4.79 Å². The summed E-state index contributed by atoms with van der Waals surface area (Å²) in [5.74, 6) is -0.132. The first kappa shape index (κ1) is 19.2. The molecule has 0 saturated carbocycles. The number of likely N-dealkylation sites (tertiary alicyclic amines) is 1. The standard InChI is InChI=1S/C16H23BrN2O4S/c1-16(2,3)23-15(20)19-9-5-6-12(10-19)11-24(21,22)14-8-4-7-13(17)18-14/h4,7-8,12H,5-6,9-11H2,1-3H3/t12-/m1/s1. The van der Waals surface area contributed by atoms with E-state index >= 15 is 0 Å². The van der Waals surface area contributed by atoms with E-state index < -0.39 is 15.4 Å². The van der Waals surface area contributed by atoms with Crippen LogP contribution in [-0.2, 0) is 14.6 Å². The second-order valence-electron chi connectivity index (χ2n) is 7.01. The maximum atomic E-state index is 12.5. The van der Waals surface area contributed by atoms with Crippen LogP contribution >= 0.6 is 15.9 Å². The predicted molar refractivity (Wildman–Crippen MR) is 94.5 cm³/mol. The third-order valence-corrected chi connectivity index (χ3v) is 5.85. The summed E-state index contributed by atoms with van der Waals surface area (Å²) in [5, 5.41) is 0.0614. The molecule has 0 N–H and O–H groups in total. The number of nitrogens with zero attached hydrogens (tertiary/aromatic N) is 2. The molecule has 2 rings (SSSR count). The summed E-state index contributed by atoms with van der Waals surface area (Å²) in [6.07, 6.45) is 1.16. The predicted octanol–water partition coefficient (Wildman–Crippen LogP) is 3.26. The molecule has 134 valence electrons. The number of halogens is 1. The molecule has 24 heavy (non-hydrogen) atoms. The van der Waals surface area contributed by atoms with Gasteiger partial charge >= 0.3 is 6.09 Å². The highest BCUT2D eigenvalue weighted by molar-refractivity contribution is 9.10. The smallest absolute Gasteiger partial charge is 0.410 e. The second kappa shape index (κ2) is 7.39.